The van der Waals surface area contributed by atoms with Gasteiger partial charge in [-0.15, -0.1) is 0 Å². The first-order chi connectivity index (χ1) is 15.9. The summed E-state index contributed by atoms with van der Waals surface area (Å²) in [5.74, 6) is -1.03. The number of hydrogen-bond acceptors (Lipinski definition) is 4. The smallest absolute Gasteiger partial charge is 0.404 e. The maximum absolute atomic E-state index is 12.4. The van der Waals surface area contributed by atoms with Crippen molar-refractivity contribution >= 4 is 34.6 Å². The molecule has 34 heavy (non-hydrogen) atoms. The van der Waals surface area contributed by atoms with Gasteiger partial charge in [0, 0.05) is 43.4 Å². The molecule has 184 valence electrons. The SMILES string of the molecule is C[C@@H](CC(=O)NCc1cccc2ccccc12)NC(=O)C[C@H](CC(=O)NC(C)(C)C)NC(=O)O. The first-order valence-corrected chi connectivity index (χ1v) is 11.3. The molecule has 2 atom stereocenters. The molecule has 0 aliphatic heterocycles. The summed E-state index contributed by atoms with van der Waals surface area (Å²) >= 11 is 0. The van der Waals surface area contributed by atoms with Crippen LogP contribution < -0.4 is 21.3 Å². The highest BCUT2D eigenvalue weighted by atomic mass is 16.4. The van der Waals surface area contributed by atoms with Crippen LogP contribution in [0.2, 0.25) is 0 Å². The molecule has 0 unspecified atom stereocenters. The molecule has 0 aliphatic carbocycles. The molecule has 0 heterocycles. The Bertz CT molecular complexity index is 1030. The lowest BCUT2D eigenvalue weighted by Gasteiger charge is -2.23. The summed E-state index contributed by atoms with van der Waals surface area (Å²) in [7, 11) is 0. The number of carboxylic acid groups (broad SMARTS) is 1. The molecule has 0 aromatic heterocycles. The molecule has 9 heteroatoms. The predicted octanol–water partition coefficient (Wildman–Crippen LogP) is 2.68. The average molecular weight is 471 g/mol. The van der Waals surface area contributed by atoms with Gasteiger partial charge in [-0.25, -0.2) is 4.79 Å². The summed E-state index contributed by atoms with van der Waals surface area (Å²) in [6, 6.07) is 12.5. The van der Waals surface area contributed by atoms with Crippen LogP contribution in [0.5, 0.6) is 0 Å². The van der Waals surface area contributed by atoms with E-state index in [0.717, 1.165) is 16.3 Å². The van der Waals surface area contributed by atoms with Crippen molar-refractivity contribution in [2.75, 3.05) is 0 Å². The van der Waals surface area contributed by atoms with Crippen LogP contribution in [-0.2, 0) is 20.9 Å². The van der Waals surface area contributed by atoms with Gasteiger partial charge in [0.1, 0.15) is 0 Å². The zero-order valence-corrected chi connectivity index (χ0v) is 20.1. The highest BCUT2D eigenvalue weighted by Crippen LogP contribution is 2.18. The third kappa shape index (κ3) is 9.48. The average Bonchev–Trinajstić information content (AvgIpc) is 2.69. The summed E-state index contributed by atoms with van der Waals surface area (Å²) in [5, 5.41) is 21.7. The van der Waals surface area contributed by atoms with Crippen molar-refractivity contribution in [2.45, 2.75) is 71.1 Å². The molecular formula is C25H34N4O5. The lowest BCUT2D eigenvalue weighted by molar-refractivity contribution is -0.124. The van der Waals surface area contributed by atoms with Gasteiger partial charge >= 0.3 is 6.09 Å². The van der Waals surface area contributed by atoms with E-state index in [4.69, 9.17) is 5.11 Å². The quantitative estimate of drug-likeness (QED) is 0.364. The van der Waals surface area contributed by atoms with Crippen molar-refractivity contribution in [1.82, 2.24) is 21.3 Å². The van der Waals surface area contributed by atoms with Crippen LogP contribution in [0.25, 0.3) is 10.8 Å². The van der Waals surface area contributed by atoms with Crippen molar-refractivity contribution in [2.24, 2.45) is 0 Å². The molecule has 2 aromatic rings. The fourth-order valence-electron chi connectivity index (χ4n) is 3.64. The van der Waals surface area contributed by atoms with E-state index in [9.17, 15) is 19.2 Å². The van der Waals surface area contributed by atoms with Crippen molar-refractivity contribution in [3.05, 3.63) is 48.0 Å². The number of rotatable bonds is 10. The van der Waals surface area contributed by atoms with Crippen molar-refractivity contribution in [1.29, 1.82) is 0 Å². The number of nitrogens with one attached hydrogen (secondary N) is 4. The minimum absolute atomic E-state index is 0.0675. The lowest BCUT2D eigenvalue weighted by Crippen LogP contribution is -2.46. The normalized spacial score (nSPS) is 12.9. The highest BCUT2D eigenvalue weighted by molar-refractivity contribution is 5.86. The first kappa shape index (κ1) is 26.6. The fourth-order valence-corrected chi connectivity index (χ4v) is 3.64. The molecule has 0 saturated carbocycles. The fraction of sp³-hybridized carbons (Fsp3) is 0.440. The number of hydrogen-bond donors (Lipinski definition) is 5. The minimum Gasteiger partial charge on any atom is -0.465 e. The maximum Gasteiger partial charge on any atom is 0.404 e. The molecule has 2 rings (SSSR count). The predicted molar refractivity (Wildman–Crippen MR) is 130 cm³/mol. The Labute approximate surface area is 199 Å². The third-order valence-corrected chi connectivity index (χ3v) is 4.96. The molecule has 4 amide bonds. The minimum atomic E-state index is -1.32. The Morgan fingerprint density at radius 1 is 0.853 bits per heavy atom. The largest absolute Gasteiger partial charge is 0.465 e. The lowest BCUT2D eigenvalue weighted by atomic mass is 10.0. The zero-order chi connectivity index (χ0) is 25.3. The van der Waals surface area contributed by atoms with Crippen LogP contribution in [0.1, 0.15) is 52.5 Å². The summed E-state index contributed by atoms with van der Waals surface area (Å²) < 4.78 is 0. The maximum atomic E-state index is 12.4. The van der Waals surface area contributed by atoms with Gasteiger partial charge in [0.15, 0.2) is 0 Å². The van der Waals surface area contributed by atoms with Crippen molar-refractivity contribution in [3.8, 4) is 0 Å². The molecule has 0 saturated heterocycles. The number of carbonyl (C=O) groups is 4. The van der Waals surface area contributed by atoms with Crippen LogP contribution in [0, 0.1) is 0 Å². The Hall–Kier alpha value is -3.62. The van der Waals surface area contributed by atoms with E-state index in [-0.39, 0.29) is 31.1 Å². The Kier molecular flexibility index (Phi) is 9.41. The van der Waals surface area contributed by atoms with Gasteiger partial charge in [0.2, 0.25) is 17.7 Å². The van der Waals surface area contributed by atoms with Gasteiger partial charge in [-0.1, -0.05) is 42.5 Å². The van der Waals surface area contributed by atoms with E-state index >= 15 is 0 Å². The van der Waals surface area contributed by atoms with E-state index < -0.39 is 29.6 Å². The van der Waals surface area contributed by atoms with E-state index in [0.29, 0.717) is 6.54 Å². The van der Waals surface area contributed by atoms with Gasteiger partial charge in [-0.2, -0.15) is 0 Å². The molecule has 0 spiro atoms. The summed E-state index contributed by atoms with van der Waals surface area (Å²) in [6.45, 7) is 7.49. The van der Waals surface area contributed by atoms with Gasteiger partial charge in [0.25, 0.3) is 0 Å². The van der Waals surface area contributed by atoms with Crippen LogP contribution in [0.4, 0.5) is 4.79 Å². The summed E-state index contributed by atoms with van der Waals surface area (Å²) in [5.41, 5.74) is 0.528. The Morgan fingerprint density at radius 3 is 2.18 bits per heavy atom. The first-order valence-electron chi connectivity index (χ1n) is 11.3. The number of benzene rings is 2. The number of carbonyl (C=O) groups excluding carboxylic acids is 3. The zero-order valence-electron chi connectivity index (χ0n) is 20.1. The molecule has 0 radical (unpaired) electrons. The Morgan fingerprint density at radius 2 is 1.50 bits per heavy atom. The second kappa shape index (κ2) is 12.0. The molecule has 0 fully saturated rings. The monoisotopic (exact) mass is 470 g/mol. The third-order valence-electron chi connectivity index (χ3n) is 4.96. The van der Waals surface area contributed by atoms with E-state index in [2.05, 4.69) is 21.3 Å². The molecule has 0 aliphatic rings. The molecular weight excluding hydrogens is 436 g/mol. The highest BCUT2D eigenvalue weighted by Gasteiger charge is 2.23. The molecule has 0 bridgehead atoms. The summed E-state index contributed by atoms with van der Waals surface area (Å²) in [6.07, 6.45) is -1.64. The van der Waals surface area contributed by atoms with Crippen molar-refractivity contribution < 1.29 is 24.3 Å². The van der Waals surface area contributed by atoms with Crippen LogP contribution in [0.15, 0.2) is 42.5 Å². The number of fused-ring (bicyclic) bond motifs is 1. The second-order valence-corrected chi connectivity index (χ2v) is 9.44. The topological polar surface area (TPSA) is 137 Å². The van der Waals surface area contributed by atoms with E-state index in [1.165, 1.54) is 0 Å². The van der Waals surface area contributed by atoms with Crippen LogP contribution in [-0.4, -0.2) is 46.5 Å². The Balaban J connectivity index is 1.84. The van der Waals surface area contributed by atoms with Gasteiger partial charge in [-0.05, 0) is 44.0 Å². The molecule has 2 aromatic carbocycles. The van der Waals surface area contributed by atoms with Crippen molar-refractivity contribution in [3.63, 3.8) is 0 Å². The standard InChI is InChI=1S/C25H34N4O5/c1-16(12-21(30)26-15-18-10-7-9-17-8-5-6-11-20(17)18)27-22(31)13-19(28-24(33)34)14-23(32)29-25(2,3)4/h5-11,16,19,28H,12-15H2,1-4H3,(H,26,30)(H,27,31)(H,29,32)(H,33,34)/t16-,19+/m0/s1. The number of amides is 4. The van der Waals surface area contributed by atoms with E-state index in [1.54, 1.807) is 6.92 Å². The molecule has 5 N–H and O–H groups in total. The molecule has 9 nitrogen and oxygen atoms in total. The van der Waals surface area contributed by atoms with Crippen LogP contribution in [0.3, 0.4) is 0 Å². The van der Waals surface area contributed by atoms with Gasteiger partial charge in [-0.3, -0.25) is 14.4 Å². The second-order valence-electron chi connectivity index (χ2n) is 9.44. The van der Waals surface area contributed by atoms with Gasteiger partial charge < -0.3 is 26.4 Å². The van der Waals surface area contributed by atoms with Gasteiger partial charge in [0.05, 0.1) is 0 Å². The van der Waals surface area contributed by atoms with Crippen LogP contribution >= 0.6 is 0 Å². The van der Waals surface area contributed by atoms with E-state index in [1.807, 2.05) is 63.2 Å². The summed E-state index contributed by atoms with van der Waals surface area (Å²) in [4.78, 5) is 48.0.